The highest BCUT2D eigenvalue weighted by molar-refractivity contribution is 5.94. The van der Waals surface area contributed by atoms with Crippen LogP contribution in [0.15, 0.2) is 18.2 Å². The van der Waals surface area contributed by atoms with E-state index in [1.54, 1.807) is 7.11 Å². The maximum Gasteiger partial charge on any atom is 0.227 e. The van der Waals surface area contributed by atoms with E-state index in [2.05, 4.69) is 24.1 Å². The Bertz CT molecular complexity index is 572. The number of hydrogen-bond acceptors (Lipinski definition) is 3. The first-order valence-electron chi connectivity index (χ1n) is 7.33. The monoisotopic (exact) mass is 286 g/mol. The molecule has 4 heteroatoms. The van der Waals surface area contributed by atoms with E-state index in [0.29, 0.717) is 23.9 Å². The lowest BCUT2D eigenvalue weighted by Crippen LogP contribution is -2.24. The van der Waals surface area contributed by atoms with Crippen LogP contribution in [0.25, 0.3) is 0 Å². The van der Waals surface area contributed by atoms with Crippen molar-refractivity contribution >= 4 is 11.6 Å². The van der Waals surface area contributed by atoms with E-state index in [1.165, 1.54) is 0 Å². The van der Waals surface area contributed by atoms with Crippen molar-refractivity contribution in [2.75, 3.05) is 19.0 Å². The molecule has 1 aromatic rings. The lowest BCUT2D eigenvalue weighted by atomic mass is 9.97. The first-order chi connectivity index (χ1) is 10.2. The smallest absolute Gasteiger partial charge is 0.227 e. The summed E-state index contributed by atoms with van der Waals surface area (Å²) in [5.74, 6) is 7.02. The predicted molar refractivity (Wildman–Crippen MR) is 84.1 cm³/mol. The molecule has 0 aliphatic heterocycles. The quantitative estimate of drug-likeness (QED) is 0.839. The molecule has 3 N–H and O–H groups in total. The number of benzene rings is 1. The van der Waals surface area contributed by atoms with Gasteiger partial charge in [-0.15, -0.1) is 0 Å². The summed E-state index contributed by atoms with van der Waals surface area (Å²) in [6.07, 6.45) is 3.21. The van der Waals surface area contributed by atoms with Gasteiger partial charge in [0.05, 0.1) is 19.3 Å². The number of ether oxygens (including phenoxy) is 1. The number of carbonyl (C=O) groups excluding carboxylic acids is 1. The first-order valence-corrected chi connectivity index (χ1v) is 7.33. The van der Waals surface area contributed by atoms with Gasteiger partial charge in [0.1, 0.15) is 5.75 Å². The van der Waals surface area contributed by atoms with Gasteiger partial charge in [0.25, 0.3) is 0 Å². The molecular formula is C17H22N2O2. The topological polar surface area (TPSA) is 64.3 Å². The van der Waals surface area contributed by atoms with Crippen LogP contribution in [0.1, 0.15) is 31.7 Å². The third-order valence-corrected chi connectivity index (χ3v) is 3.99. The summed E-state index contributed by atoms with van der Waals surface area (Å²) < 4.78 is 5.31. The van der Waals surface area contributed by atoms with E-state index in [1.807, 2.05) is 18.2 Å². The molecule has 0 heterocycles. The summed E-state index contributed by atoms with van der Waals surface area (Å²) in [6.45, 7) is 2.45. The zero-order valence-electron chi connectivity index (χ0n) is 12.6. The van der Waals surface area contributed by atoms with E-state index in [4.69, 9.17) is 10.5 Å². The molecule has 1 aliphatic rings. The molecule has 0 bridgehead atoms. The second-order valence-corrected chi connectivity index (χ2v) is 5.42. The molecular weight excluding hydrogens is 264 g/mol. The molecule has 1 saturated carbocycles. The van der Waals surface area contributed by atoms with Crippen molar-refractivity contribution in [3.8, 4) is 17.6 Å². The van der Waals surface area contributed by atoms with Crippen molar-refractivity contribution in [1.29, 1.82) is 0 Å². The van der Waals surface area contributed by atoms with E-state index in [-0.39, 0.29) is 11.8 Å². The molecule has 2 atom stereocenters. The van der Waals surface area contributed by atoms with E-state index >= 15 is 0 Å². The second kappa shape index (κ2) is 7.14. The lowest BCUT2D eigenvalue weighted by molar-refractivity contribution is -0.120. The number of rotatable bonds is 3. The molecule has 21 heavy (non-hydrogen) atoms. The molecule has 0 saturated heterocycles. The normalized spacial score (nSPS) is 20.5. The Hall–Kier alpha value is -1.99. The predicted octanol–water partition coefficient (Wildman–Crippen LogP) is 2.38. The fraction of sp³-hybridized carbons (Fsp3) is 0.471. The Morgan fingerprint density at radius 2 is 2.29 bits per heavy atom. The van der Waals surface area contributed by atoms with E-state index < -0.39 is 0 Å². The SMILES string of the molecule is COc1ccc(C#CCN)cc1NC(=O)C1CCCC1C. The Balaban J connectivity index is 2.18. The Morgan fingerprint density at radius 1 is 1.48 bits per heavy atom. The molecule has 2 unspecified atom stereocenters. The number of methoxy groups -OCH3 is 1. The summed E-state index contributed by atoms with van der Waals surface area (Å²) in [5.41, 5.74) is 6.87. The largest absolute Gasteiger partial charge is 0.495 e. The highest BCUT2D eigenvalue weighted by atomic mass is 16.5. The molecule has 1 fully saturated rings. The van der Waals surface area contributed by atoms with E-state index in [0.717, 1.165) is 24.8 Å². The Morgan fingerprint density at radius 3 is 2.90 bits per heavy atom. The van der Waals surface area contributed by atoms with Gasteiger partial charge in [-0.05, 0) is 37.0 Å². The standard InChI is InChI=1S/C17H22N2O2/c1-12-5-3-7-14(12)17(20)19-15-11-13(6-4-10-18)8-9-16(15)21-2/h8-9,11-12,14H,3,5,7,10,18H2,1-2H3,(H,19,20). The summed E-state index contributed by atoms with van der Waals surface area (Å²) in [6, 6.07) is 5.50. The van der Waals surface area contributed by atoms with Crippen LogP contribution in [0.3, 0.4) is 0 Å². The third-order valence-electron chi connectivity index (χ3n) is 3.99. The maximum absolute atomic E-state index is 12.4. The van der Waals surface area contributed by atoms with Crippen molar-refractivity contribution in [1.82, 2.24) is 0 Å². The number of hydrogen-bond donors (Lipinski definition) is 2. The molecule has 1 aliphatic carbocycles. The fourth-order valence-electron chi connectivity index (χ4n) is 2.80. The van der Waals surface area contributed by atoms with Gasteiger partial charge in [0, 0.05) is 11.5 Å². The van der Waals surface area contributed by atoms with Gasteiger partial charge in [-0.2, -0.15) is 0 Å². The Kier molecular flexibility index (Phi) is 5.24. The highest BCUT2D eigenvalue weighted by Crippen LogP contribution is 2.33. The van der Waals surface area contributed by atoms with Gasteiger partial charge in [0.2, 0.25) is 5.91 Å². The minimum absolute atomic E-state index is 0.0715. The van der Waals surface area contributed by atoms with Crippen LogP contribution in [0, 0.1) is 23.7 Å². The molecule has 0 radical (unpaired) electrons. The number of amides is 1. The highest BCUT2D eigenvalue weighted by Gasteiger charge is 2.30. The van der Waals surface area contributed by atoms with Gasteiger partial charge in [-0.1, -0.05) is 25.2 Å². The number of anilines is 1. The van der Waals surface area contributed by atoms with Gasteiger partial charge < -0.3 is 15.8 Å². The summed E-state index contributed by atoms with van der Waals surface area (Å²) in [5, 5.41) is 2.99. The van der Waals surface area contributed by atoms with Crippen molar-refractivity contribution in [3.63, 3.8) is 0 Å². The number of nitrogens with two attached hydrogens (primary N) is 1. The van der Waals surface area contributed by atoms with Crippen LogP contribution in [0.2, 0.25) is 0 Å². The fourth-order valence-corrected chi connectivity index (χ4v) is 2.80. The van der Waals surface area contributed by atoms with Gasteiger partial charge in [-0.25, -0.2) is 0 Å². The average molecular weight is 286 g/mol. The van der Waals surface area contributed by atoms with Gasteiger partial charge in [0.15, 0.2) is 0 Å². The minimum atomic E-state index is 0.0715. The molecule has 1 aromatic carbocycles. The van der Waals surface area contributed by atoms with E-state index in [9.17, 15) is 4.79 Å². The maximum atomic E-state index is 12.4. The lowest BCUT2D eigenvalue weighted by Gasteiger charge is -2.17. The molecule has 1 amide bonds. The van der Waals surface area contributed by atoms with Crippen LogP contribution in [0.5, 0.6) is 5.75 Å². The summed E-state index contributed by atoms with van der Waals surface area (Å²) >= 11 is 0. The zero-order valence-corrected chi connectivity index (χ0v) is 12.6. The molecule has 4 nitrogen and oxygen atoms in total. The summed E-state index contributed by atoms with van der Waals surface area (Å²) in [7, 11) is 1.59. The van der Waals surface area contributed by atoms with Crippen LogP contribution >= 0.6 is 0 Å². The summed E-state index contributed by atoms with van der Waals surface area (Å²) in [4.78, 5) is 12.4. The average Bonchev–Trinajstić information content (AvgIpc) is 2.91. The number of nitrogens with one attached hydrogen (secondary N) is 1. The van der Waals surface area contributed by atoms with Crippen molar-refractivity contribution < 1.29 is 9.53 Å². The molecule has 2 rings (SSSR count). The number of carbonyl (C=O) groups is 1. The second-order valence-electron chi connectivity index (χ2n) is 5.42. The van der Waals surface area contributed by atoms with Crippen molar-refractivity contribution in [3.05, 3.63) is 23.8 Å². The van der Waals surface area contributed by atoms with Gasteiger partial charge >= 0.3 is 0 Å². The first kappa shape index (κ1) is 15.4. The Labute approximate surface area is 126 Å². The zero-order chi connectivity index (χ0) is 15.2. The van der Waals surface area contributed by atoms with Crippen molar-refractivity contribution in [2.45, 2.75) is 26.2 Å². The molecule has 0 spiro atoms. The van der Waals surface area contributed by atoms with Crippen molar-refractivity contribution in [2.24, 2.45) is 17.6 Å². The third kappa shape index (κ3) is 3.77. The molecule has 112 valence electrons. The molecule has 0 aromatic heterocycles. The van der Waals surface area contributed by atoms with Crippen LogP contribution in [0.4, 0.5) is 5.69 Å². The van der Waals surface area contributed by atoms with Crippen LogP contribution in [-0.4, -0.2) is 19.6 Å². The van der Waals surface area contributed by atoms with Crippen LogP contribution < -0.4 is 15.8 Å². The minimum Gasteiger partial charge on any atom is -0.495 e. The van der Waals surface area contributed by atoms with Crippen LogP contribution in [-0.2, 0) is 4.79 Å². The van der Waals surface area contributed by atoms with Gasteiger partial charge in [-0.3, -0.25) is 4.79 Å².